The summed E-state index contributed by atoms with van der Waals surface area (Å²) in [5.41, 5.74) is 3.54. The Balaban J connectivity index is 1.40. The molecule has 6 nitrogen and oxygen atoms in total. The third kappa shape index (κ3) is 4.19. The molecule has 1 N–H and O–H groups in total. The van der Waals surface area contributed by atoms with Gasteiger partial charge in [0.2, 0.25) is 0 Å². The van der Waals surface area contributed by atoms with Crippen LogP contribution in [0.3, 0.4) is 0 Å². The van der Waals surface area contributed by atoms with Gasteiger partial charge < -0.3 is 4.74 Å². The van der Waals surface area contributed by atoms with E-state index in [-0.39, 0.29) is 5.13 Å². The van der Waals surface area contributed by atoms with Crippen LogP contribution in [0.1, 0.15) is 17.3 Å². The highest BCUT2D eigenvalue weighted by atomic mass is 32.1. The molecule has 2 heterocycles. The number of nitrogens with zero attached hydrogens (tertiary/aromatic N) is 2. The summed E-state index contributed by atoms with van der Waals surface area (Å²) in [6.07, 6.45) is -1.06. The molecule has 0 aliphatic rings. The number of anilines is 1. The van der Waals surface area contributed by atoms with E-state index in [1.54, 1.807) is 29.1 Å². The maximum absolute atomic E-state index is 13.4. The lowest BCUT2D eigenvalue weighted by Gasteiger charge is -2.12. The van der Waals surface area contributed by atoms with Crippen LogP contribution >= 0.6 is 22.7 Å². The maximum Gasteiger partial charge on any atom is 0.338 e. The van der Waals surface area contributed by atoms with Crippen molar-refractivity contribution in [2.24, 2.45) is 0 Å². The summed E-state index contributed by atoms with van der Waals surface area (Å²) in [6, 6.07) is 8.39. The van der Waals surface area contributed by atoms with E-state index in [2.05, 4.69) is 15.3 Å². The number of halogens is 2. The zero-order chi connectivity index (χ0) is 21.3. The molecule has 0 radical (unpaired) electrons. The molecule has 2 aromatic carbocycles. The van der Waals surface area contributed by atoms with Gasteiger partial charge in [-0.1, -0.05) is 0 Å². The highest BCUT2D eigenvalue weighted by Gasteiger charge is 2.21. The normalized spacial score (nSPS) is 12.0. The van der Waals surface area contributed by atoms with Crippen molar-refractivity contribution in [3.05, 3.63) is 64.5 Å². The lowest BCUT2D eigenvalue weighted by atomic mass is 10.2. The summed E-state index contributed by atoms with van der Waals surface area (Å²) in [7, 11) is 0. The van der Waals surface area contributed by atoms with E-state index < -0.39 is 29.6 Å². The average molecular weight is 445 g/mol. The third-order valence-corrected chi connectivity index (χ3v) is 5.72. The van der Waals surface area contributed by atoms with Gasteiger partial charge in [0.1, 0.15) is 0 Å². The third-order valence-electron chi connectivity index (χ3n) is 4.17. The minimum absolute atomic E-state index is 0.244. The van der Waals surface area contributed by atoms with Crippen LogP contribution in [-0.4, -0.2) is 27.9 Å². The van der Waals surface area contributed by atoms with Crippen LogP contribution in [0.25, 0.3) is 21.5 Å². The number of benzene rings is 2. The van der Waals surface area contributed by atoms with Gasteiger partial charge in [0.25, 0.3) is 5.91 Å². The standard InChI is InChI=1S/C20H13F2N3O3S2/c1-10(28-19(27)12-3-5-15-17(7-12)30-9-23-15)18(26)25-20-24-16(8-29-20)11-2-4-13(21)14(22)6-11/h2-10H,1H3,(H,24,25,26)/t10-/m0/s1. The summed E-state index contributed by atoms with van der Waals surface area (Å²) < 4.78 is 32.5. The second-order valence-corrected chi connectivity index (χ2v) is 7.98. The molecular weight excluding hydrogens is 432 g/mol. The Morgan fingerprint density at radius 3 is 2.73 bits per heavy atom. The predicted molar refractivity (Wildman–Crippen MR) is 111 cm³/mol. The number of ether oxygens (including phenoxy) is 1. The molecule has 10 heteroatoms. The zero-order valence-corrected chi connectivity index (χ0v) is 17.0. The fourth-order valence-corrected chi connectivity index (χ4v) is 4.03. The van der Waals surface area contributed by atoms with Crippen molar-refractivity contribution < 1.29 is 23.1 Å². The van der Waals surface area contributed by atoms with Crippen LogP contribution in [0.15, 0.2) is 47.3 Å². The van der Waals surface area contributed by atoms with E-state index in [1.807, 2.05) is 0 Å². The number of rotatable bonds is 5. The van der Waals surface area contributed by atoms with Crippen molar-refractivity contribution in [3.63, 3.8) is 0 Å². The Morgan fingerprint density at radius 1 is 1.10 bits per heavy atom. The molecular formula is C20H13F2N3O3S2. The zero-order valence-electron chi connectivity index (χ0n) is 15.4. The van der Waals surface area contributed by atoms with Crippen LogP contribution < -0.4 is 5.32 Å². The SMILES string of the molecule is C[C@H](OC(=O)c1ccc2ncsc2c1)C(=O)Nc1nc(-c2ccc(F)c(F)c2)cs1. The van der Waals surface area contributed by atoms with Gasteiger partial charge in [-0.3, -0.25) is 10.1 Å². The Kier molecular flexibility index (Phi) is 5.51. The summed E-state index contributed by atoms with van der Waals surface area (Å²) in [5.74, 6) is -3.13. The first-order valence-corrected chi connectivity index (χ1v) is 10.4. The van der Waals surface area contributed by atoms with E-state index in [9.17, 15) is 18.4 Å². The molecule has 4 rings (SSSR count). The number of fused-ring (bicyclic) bond motifs is 1. The average Bonchev–Trinajstić information content (AvgIpc) is 3.38. The van der Waals surface area contributed by atoms with Crippen molar-refractivity contribution in [1.82, 2.24) is 9.97 Å². The molecule has 30 heavy (non-hydrogen) atoms. The predicted octanol–water partition coefficient (Wildman–Crippen LogP) is 4.88. The Labute approximate surface area is 177 Å². The Hall–Kier alpha value is -3.24. The molecule has 0 saturated carbocycles. The second kappa shape index (κ2) is 8.25. The highest BCUT2D eigenvalue weighted by Crippen LogP contribution is 2.26. The molecule has 1 atom stereocenters. The van der Waals surface area contributed by atoms with Gasteiger partial charge in [0, 0.05) is 10.9 Å². The molecule has 0 spiro atoms. The van der Waals surface area contributed by atoms with Gasteiger partial charge in [0.15, 0.2) is 22.9 Å². The topological polar surface area (TPSA) is 81.2 Å². The largest absolute Gasteiger partial charge is 0.449 e. The molecule has 0 bridgehead atoms. The maximum atomic E-state index is 13.4. The van der Waals surface area contributed by atoms with Crippen LogP contribution in [0.2, 0.25) is 0 Å². The number of amides is 1. The number of esters is 1. The number of aromatic nitrogens is 2. The fraction of sp³-hybridized carbons (Fsp3) is 0.100. The number of carbonyl (C=O) groups excluding carboxylic acids is 2. The van der Waals surface area contributed by atoms with Crippen molar-refractivity contribution in [3.8, 4) is 11.3 Å². The number of hydrogen-bond acceptors (Lipinski definition) is 7. The smallest absolute Gasteiger partial charge is 0.338 e. The molecule has 0 aliphatic carbocycles. The molecule has 4 aromatic rings. The van der Waals surface area contributed by atoms with Crippen molar-refractivity contribution >= 4 is 49.9 Å². The van der Waals surface area contributed by atoms with Gasteiger partial charge >= 0.3 is 5.97 Å². The quantitative estimate of drug-likeness (QED) is 0.443. The van der Waals surface area contributed by atoms with Crippen LogP contribution in [0.5, 0.6) is 0 Å². The van der Waals surface area contributed by atoms with E-state index in [0.29, 0.717) is 16.8 Å². The Bertz CT molecular complexity index is 1260. The minimum Gasteiger partial charge on any atom is -0.449 e. The molecule has 0 unspecified atom stereocenters. The first-order valence-electron chi connectivity index (χ1n) is 8.67. The van der Waals surface area contributed by atoms with E-state index in [0.717, 1.165) is 33.7 Å². The van der Waals surface area contributed by atoms with Crippen LogP contribution in [-0.2, 0) is 9.53 Å². The van der Waals surface area contributed by atoms with E-state index in [4.69, 9.17) is 4.74 Å². The van der Waals surface area contributed by atoms with Crippen molar-refractivity contribution in [1.29, 1.82) is 0 Å². The molecule has 0 fully saturated rings. The minimum atomic E-state index is -1.06. The lowest BCUT2D eigenvalue weighted by Crippen LogP contribution is -2.29. The lowest BCUT2D eigenvalue weighted by molar-refractivity contribution is -0.123. The van der Waals surface area contributed by atoms with Gasteiger partial charge in [0.05, 0.1) is 27.0 Å². The first kappa shape index (κ1) is 20.0. The van der Waals surface area contributed by atoms with Gasteiger partial charge in [-0.2, -0.15) is 0 Å². The molecule has 2 aromatic heterocycles. The number of thiazole rings is 2. The van der Waals surface area contributed by atoms with E-state index >= 15 is 0 Å². The van der Waals surface area contributed by atoms with Crippen molar-refractivity contribution in [2.75, 3.05) is 5.32 Å². The monoisotopic (exact) mass is 445 g/mol. The summed E-state index contributed by atoms with van der Waals surface area (Å²) in [4.78, 5) is 33.0. The van der Waals surface area contributed by atoms with Gasteiger partial charge in [-0.15, -0.1) is 22.7 Å². The molecule has 0 aliphatic heterocycles. The first-order chi connectivity index (χ1) is 14.4. The van der Waals surface area contributed by atoms with Gasteiger partial charge in [-0.25, -0.2) is 23.5 Å². The summed E-state index contributed by atoms with van der Waals surface area (Å²) in [5, 5.41) is 4.40. The highest BCUT2D eigenvalue weighted by molar-refractivity contribution is 7.16. The number of carbonyl (C=O) groups is 2. The summed E-state index contributed by atoms with van der Waals surface area (Å²) >= 11 is 2.51. The molecule has 0 saturated heterocycles. The van der Waals surface area contributed by atoms with Crippen LogP contribution in [0.4, 0.5) is 13.9 Å². The van der Waals surface area contributed by atoms with E-state index in [1.165, 1.54) is 24.3 Å². The van der Waals surface area contributed by atoms with Crippen LogP contribution in [0, 0.1) is 11.6 Å². The molecule has 1 amide bonds. The van der Waals surface area contributed by atoms with Gasteiger partial charge in [-0.05, 0) is 43.3 Å². The number of nitrogens with one attached hydrogen (secondary N) is 1. The Morgan fingerprint density at radius 2 is 1.93 bits per heavy atom. The molecule has 152 valence electrons. The fourth-order valence-electron chi connectivity index (χ4n) is 2.59. The second-order valence-electron chi connectivity index (χ2n) is 6.24. The number of hydrogen-bond donors (Lipinski definition) is 1. The summed E-state index contributed by atoms with van der Waals surface area (Å²) in [6.45, 7) is 1.45. The van der Waals surface area contributed by atoms with Crippen molar-refractivity contribution in [2.45, 2.75) is 13.0 Å².